The number of rotatable bonds is 7. The Kier molecular flexibility index (Phi) is 6.17. The van der Waals surface area contributed by atoms with E-state index in [1.165, 1.54) is 0 Å². The summed E-state index contributed by atoms with van der Waals surface area (Å²) in [7, 11) is 0. The van der Waals surface area contributed by atoms with Crippen molar-refractivity contribution in [1.29, 1.82) is 0 Å². The fraction of sp³-hybridized carbons (Fsp3) is 0.143. The third-order valence-corrected chi connectivity index (χ3v) is 4.57. The summed E-state index contributed by atoms with van der Waals surface area (Å²) in [6, 6.07) is 18.0. The first-order valence-electron chi connectivity index (χ1n) is 8.46. The lowest BCUT2D eigenvalue weighted by atomic mass is 10.1. The Morgan fingerprint density at radius 2 is 1.88 bits per heavy atom. The molecule has 0 bridgehead atoms. The monoisotopic (exact) mass is 363 g/mol. The summed E-state index contributed by atoms with van der Waals surface area (Å²) in [5.74, 6) is 0.874. The summed E-state index contributed by atoms with van der Waals surface area (Å²) < 4.78 is 7.62. The molecule has 0 N–H and O–H groups in total. The van der Waals surface area contributed by atoms with Crippen molar-refractivity contribution in [2.75, 3.05) is 6.61 Å². The fourth-order valence-corrected chi connectivity index (χ4v) is 3.39. The molecule has 0 aliphatic heterocycles. The third kappa shape index (κ3) is 4.37. The van der Waals surface area contributed by atoms with Gasteiger partial charge in [-0.1, -0.05) is 36.4 Å². The van der Waals surface area contributed by atoms with Gasteiger partial charge >= 0.3 is 0 Å². The standard InChI is InChI=1S/C21H21N3OS/c1-3-14-24-20(18-10-12-19(13-11-18)25-4-2)16-26-21(24)23-22-15-17-8-6-5-7-9-17/h3,5-13,15-16H,1,4,14H2,2H3/b22-15+,23-21-. The highest BCUT2D eigenvalue weighted by Gasteiger charge is 2.07. The predicted molar refractivity (Wildman–Crippen MR) is 109 cm³/mol. The smallest absolute Gasteiger partial charge is 0.211 e. The van der Waals surface area contributed by atoms with E-state index in [0.717, 1.165) is 27.4 Å². The van der Waals surface area contributed by atoms with Crippen LogP contribution in [0.15, 0.2) is 82.8 Å². The lowest BCUT2D eigenvalue weighted by molar-refractivity contribution is 0.340. The van der Waals surface area contributed by atoms with Gasteiger partial charge in [0.25, 0.3) is 0 Å². The lowest BCUT2D eigenvalue weighted by Gasteiger charge is -2.07. The molecule has 0 atom stereocenters. The van der Waals surface area contributed by atoms with Crippen LogP contribution in [0.1, 0.15) is 12.5 Å². The van der Waals surface area contributed by atoms with Crippen molar-refractivity contribution >= 4 is 17.6 Å². The molecule has 0 spiro atoms. The topological polar surface area (TPSA) is 38.9 Å². The molecule has 0 aliphatic rings. The van der Waals surface area contributed by atoms with E-state index in [1.807, 2.05) is 55.5 Å². The van der Waals surface area contributed by atoms with Crippen molar-refractivity contribution < 1.29 is 4.74 Å². The number of allylic oxidation sites excluding steroid dienone is 1. The minimum absolute atomic E-state index is 0.663. The Hall–Kier alpha value is -2.92. The second kappa shape index (κ2) is 8.97. The van der Waals surface area contributed by atoms with Crippen LogP contribution in [0.5, 0.6) is 5.75 Å². The van der Waals surface area contributed by atoms with Crippen molar-refractivity contribution in [3.63, 3.8) is 0 Å². The molecule has 0 fully saturated rings. The molecule has 5 heteroatoms. The molecule has 0 unspecified atom stereocenters. The Balaban J connectivity index is 1.91. The van der Waals surface area contributed by atoms with Crippen LogP contribution in [-0.2, 0) is 6.54 Å². The van der Waals surface area contributed by atoms with Crippen LogP contribution in [0.2, 0.25) is 0 Å². The predicted octanol–water partition coefficient (Wildman–Crippen LogP) is 4.74. The molecule has 1 aromatic heterocycles. The fourth-order valence-electron chi connectivity index (χ4n) is 2.52. The zero-order valence-electron chi connectivity index (χ0n) is 14.7. The minimum atomic E-state index is 0.663. The van der Waals surface area contributed by atoms with Gasteiger partial charge in [0, 0.05) is 11.9 Å². The first-order valence-corrected chi connectivity index (χ1v) is 9.34. The van der Waals surface area contributed by atoms with Crippen molar-refractivity contribution in [2.24, 2.45) is 10.2 Å². The molecule has 0 saturated heterocycles. The zero-order chi connectivity index (χ0) is 18.2. The van der Waals surface area contributed by atoms with Crippen molar-refractivity contribution in [3.8, 4) is 17.0 Å². The summed E-state index contributed by atoms with van der Waals surface area (Å²) in [6.45, 7) is 7.18. The normalized spacial score (nSPS) is 11.8. The maximum atomic E-state index is 5.52. The molecule has 2 aromatic carbocycles. The highest BCUT2D eigenvalue weighted by molar-refractivity contribution is 7.07. The molecule has 0 amide bonds. The highest BCUT2D eigenvalue weighted by atomic mass is 32.1. The molecule has 26 heavy (non-hydrogen) atoms. The molecular formula is C21H21N3OS. The van der Waals surface area contributed by atoms with E-state index in [1.54, 1.807) is 17.6 Å². The maximum absolute atomic E-state index is 5.52. The second-order valence-electron chi connectivity index (χ2n) is 5.52. The molecule has 3 rings (SSSR count). The van der Waals surface area contributed by atoms with Crippen molar-refractivity contribution in [1.82, 2.24) is 4.57 Å². The first kappa shape index (κ1) is 17.9. The number of hydrogen-bond donors (Lipinski definition) is 0. The largest absolute Gasteiger partial charge is 0.494 e. The van der Waals surface area contributed by atoms with E-state index in [9.17, 15) is 0 Å². The molecule has 3 aromatic rings. The number of hydrogen-bond acceptors (Lipinski definition) is 4. The van der Waals surface area contributed by atoms with Gasteiger partial charge in [-0.25, -0.2) is 0 Å². The van der Waals surface area contributed by atoms with Gasteiger partial charge in [-0.2, -0.15) is 5.10 Å². The number of thiazole rings is 1. The van der Waals surface area contributed by atoms with E-state index >= 15 is 0 Å². The number of aromatic nitrogens is 1. The van der Waals surface area contributed by atoms with E-state index in [0.29, 0.717) is 13.2 Å². The molecule has 0 aliphatic carbocycles. The molecule has 0 saturated carbocycles. The SMILES string of the molecule is C=CCn1c(-c2ccc(OCC)cc2)cs/c1=N\N=C\c1ccccc1. The van der Waals surface area contributed by atoms with Crippen LogP contribution in [0.3, 0.4) is 0 Å². The summed E-state index contributed by atoms with van der Waals surface area (Å²) in [6.07, 6.45) is 3.62. The van der Waals surface area contributed by atoms with Crippen LogP contribution < -0.4 is 9.54 Å². The van der Waals surface area contributed by atoms with Gasteiger partial charge in [0.15, 0.2) is 0 Å². The minimum Gasteiger partial charge on any atom is -0.494 e. The van der Waals surface area contributed by atoms with E-state index < -0.39 is 0 Å². The van der Waals surface area contributed by atoms with Crippen LogP contribution >= 0.6 is 11.3 Å². The molecule has 1 heterocycles. The summed E-state index contributed by atoms with van der Waals surface area (Å²) in [5, 5.41) is 10.7. The lowest BCUT2D eigenvalue weighted by Crippen LogP contribution is -2.14. The van der Waals surface area contributed by atoms with Gasteiger partial charge in [-0.05, 0) is 42.3 Å². The van der Waals surface area contributed by atoms with Crippen LogP contribution in [-0.4, -0.2) is 17.4 Å². The Morgan fingerprint density at radius 3 is 2.58 bits per heavy atom. The quantitative estimate of drug-likeness (QED) is 0.340. The first-order chi connectivity index (χ1) is 12.8. The maximum Gasteiger partial charge on any atom is 0.211 e. The summed E-state index contributed by atoms with van der Waals surface area (Å²) >= 11 is 1.56. The van der Waals surface area contributed by atoms with E-state index in [-0.39, 0.29) is 0 Å². The van der Waals surface area contributed by atoms with Gasteiger partial charge in [-0.15, -0.1) is 23.0 Å². The van der Waals surface area contributed by atoms with Crippen molar-refractivity contribution in [3.05, 3.63) is 83.0 Å². The van der Waals surface area contributed by atoms with Gasteiger partial charge in [0.05, 0.1) is 18.5 Å². The highest BCUT2D eigenvalue weighted by Crippen LogP contribution is 2.23. The molecule has 0 radical (unpaired) electrons. The Labute approximate surface area is 157 Å². The molecule has 4 nitrogen and oxygen atoms in total. The van der Waals surface area contributed by atoms with Crippen LogP contribution in [0.25, 0.3) is 11.3 Å². The van der Waals surface area contributed by atoms with E-state index in [2.05, 4.69) is 38.9 Å². The Bertz CT molecular complexity index is 937. The van der Waals surface area contributed by atoms with Gasteiger partial charge in [0.1, 0.15) is 5.75 Å². The van der Waals surface area contributed by atoms with Crippen LogP contribution in [0.4, 0.5) is 0 Å². The van der Waals surface area contributed by atoms with E-state index in [4.69, 9.17) is 4.74 Å². The Morgan fingerprint density at radius 1 is 1.12 bits per heavy atom. The summed E-state index contributed by atoms with van der Waals surface area (Å²) in [4.78, 5) is 0.834. The number of benzene rings is 2. The third-order valence-electron chi connectivity index (χ3n) is 3.72. The van der Waals surface area contributed by atoms with Gasteiger partial charge in [0.2, 0.25) is 4.80 Å². The zero-order valence-corrected chi connectivity index (χ0v) is 15.5. The van der Waals surface area contributed by atoms with Gasteiger partial charge in [-0.3, -0.25) is 0 Å². The average Bonchev–Trinajstić information content (AvgIpc) is 3.07. The van der Waals surface area contributed by atoms with Gasteiger partial charge < -0.3 is 9.30 Å². The summed E-state index contributed by atoms with van der Waals surface area (Å²) in [5.41, 5.74) is 3.22. The van der Waals surface area contributed by atoms with Crippen LogP contribution in [0, 0.1) is 0 Å². The number of ether oxygens (including phenoxy) is 1. The molecular weight excluding hydrogens is 342 g/mol. The number of nitrogens with zero attached hydrogens (tertiary/aromatic N) is 3. The second-order valence-corrected chi connectivity index (χ2v) is 6.35. The molecule has 132 valence electrons. The van der Waals surface area contributed by atoms with Crippen molar-refractivity contribution in [2.45, 2.75) is 13.5 Å². The average molecular weight is 363 g/mol.